The monoisotopic (exact) mass is 257 g/mol. The molecule has 84 valence electrons. The van der Waals surface area contributed by atoms with E-state index in [2.05, 4.69) is 5.10 Å². The number of rotatable bonds is 2. The number of nitrogen functional groups attached to an aromatic ring is 1. The van der Waals surface area contributed by atoms with E-state index in [1.54, 1.807) is 36.1 Å². The minimum absolute atomic E-state index is 0.312. The number of anilines is 1. The normalized spacial score (nSPS) is 10.4. The largest absolute Gasteiger partial charge is 0.434 e. The Morgan fingerprint density at radius 1 is 1.38 bits per heavy atom. The summed E-state index contributed by atoms with van der Waals surface area (Å²) in [5.74, 6) is 0.742. The molecule has 0 amide bonds. The van der Waals surface area contributed by atoms with Crippen molar-refractivity contribution in [2.45, 2.75) is 0 Å². The van der Waals surface area contributed by atoms with Crippen LogP contribution in [0.4, 0.5) is 5.69 Å². The Morgan fingerprint density at radius 2 is 2.12 bits per heavy atom. The van der Waals surface area contributed by atoms with Crippen LogP contribution < -0.4 is 10.5 Å². The summed E-state index contributed by atoms with van der Waals surface area (Å²) in [5, 5.41) is 5.03. The van der Waals surface area contributed by atoms with Gasteiger partial charge in [-0.15, -0.1) is 5.10 Å². The van der Waals surface area contributed by atoms with E-state index >= 15 is 0 Å². The summed E-state index contributed by atoms with van der Waals surface area (Å²) in [4.78, 5) is 0. The second-order valence-electron chi connectivity index (χ2n) is 3.24. The minimum atomic E-state index is 0.312. The average Bonchev–Trinajstić information content (AvgIpc) is 2.51. The highest BCUT2D eigenvalue weighted by atomic mass is 35.5. The second kappa shape index (κ2) is 4.23. The van der Waals surface area contributed by atoms with Crippen molar-refractivity contribution in [3.8, 4) is 11.6 Å². The molecule has 16 heavy (non-hydrogen) atoms. The van der Waals surface area contributed by atoms with E-state index in [9.17, 15) is 0 Å². The van der Waals surface area contributed by atoms with Gasteiger partial charge in [-0.2, -0.15) is 0 Å². The van der Waals surface area contributed by atoms with Crippen molar-refractivity contribution in [3.05, 3.63) is 34.4 Å². The lowest BCUT2D eigenvalue weighted by Crippen LogP contribution is -1.91. The molecule has 0 saturated carbocycles. The van der Waals surface area contributed by atoms with Crippen molar-refractivity contribution in [3.63, 3.8) is 0 Å². The fourth-order valence-electron chi connectivity index (χ4n) is 1.23. The van der Waals surface area contributed by atoms with E-state index in [0.717, 1.165) is 0 Å². The van der Waals surface area contributed by atoms with Crippen LogP contribution in [-0.2, 0) is 7.05 Å². The number of benzene rings is 1. The van der Waals surface area contributed by atoms with Crippen molar-refractivity contribution in [2.75, 3.05) is 5.73 Å². The first-order chi connectivity index (χ1) is 7.56. The lowest BCUT2D eigenvalue weighted by atomic mass is 10.3. The molecule has 0 unspecified atom stereocenters. The first kappa shape index (κ1) is 11.1. The maximum Gasteiger partial charge on any atom is 0.261 e. The average molecular weight is 258 g/mol. The van der Waals surface area contributed by atoms with Gasteiger partial charge in [-0.25, -0.2) is 0 Å². The van der Waals surface area contributed by atoms with Gasteiger partial charge in [0, 0.05) is 18.1 Å². The number of nitrogens with zero attached hydrogens (tertiary/aromatic N) is 2. The Kier molecular flexibility index (Phi) is 2.94. The van der Waals surface area contributed by atoms with Crippen molar-refractivity contribution < 1.29 is 4.74 Å². The van der Waals surface area contributed by atoms with Crippen molar-refractivity contribution in [1.29, 1.82) is 0 Å². The number of ether oxygens (including phenoxy) is 1. The summed E-state index contributed by atoms with van der Waals surface area (Å²) in [6.45, 7) is 0. The Morgan fingerprint density at radius 3 is 2.75 bits per heavy atom. The Bertz CT molecular complexity index is 525. The number of nitrogens with two attached hydrogens (primary N) is 1. The van der Waals surface area contributed by atoms with Gasteiger partial charge in [0.25, 0.3) is 5.88 Å². The van der Waals surface area contributed by atoms with Crippen LogP contribution in [-0.4, -0.2) is 9.78 Å². The molecule has 6 heteroatoms. The maximum absolute atomic E-state index is 5.95. The van der Waals surface area contributed by atoms with E-state index in [0.29, 0.717) is 27.4 Å². The third-order valence-electron chi connectivity index (χ3n) is 1.92. The number of aryl methyl sites for hydroxylation is 1. The predicted octanol–water partition coefficient (Wildman–Crippen LogP) is 3.10. The molecule has 0 spiro atoms. The molecule has 4 nitrogen and oxygen atoms in total. The molecule has 0 fully saturated rings. The standard InChI is InChI=1S/C10H9Cl2N3O/c1-15-5-8(13)10(14-15)16-9-4-6(11)2-3-7(9)12/h2-5H,13H2,1H3. The first-order valence-electron chi connectivity index (χ1n) is 4.48. The van der Waals surface area contributed by atoms with E-state index in [1.165, 1.54) is 0 Å². The number of halogens is 2. The molecule has 0 aliphatic rings. The Hall–Kier alpha value is -1.39. The van der Waals surface area contributed by atoms with Crippen LogP contribution in [0.1, 0.15) is 0 Å². The highest BCUT2D eigenvalue weighted by Crippen LogP contribution is 2.33. The molecule has 0 saturated heterocycles. The maximum atomic E-state index is 5.95. The van der Waals surface area contributed by atoms with Crippen molar-refractivity contribution >= 4 is 28.9 Å². The second-order valence-corrected chi connectivity index (χ2v) is 4.08. The lowest BCUT2D eigenvalue weighted by Gasteiger charge is -2.05. The third-order valence-corrected chi connectivity index (χ3v) is 2.47. The summed E-state index contributed by atoms with van der Waals surface area (Å²) in [6, 6.07) is 4.94. The fourth-order valence-corrected chi connectivity index (χ4v) is 1.54. The van der Waals surface area contributed by atoms with Crippen molar-refractivity contribution in [2.24, 2.45) is 7.05 Å². The van der Waals surface area contributed by atoms with Crippen LogP contribution in [0.3, 0.4) is 0 Å². The molecule has 2 rings (SSSR count). The summed E-state index contributed by atoms with van der Waals surface area (Å²) >= 11 is 11.8. The summed E-state index contributed by atoms with van der Waals surface area (Å²) in [6.07, 6.45) is 1.65. The van der Waals surface area contributed by atoms with Crippen molar-refractivity contribution in [1.82, 2.24) is 9.78 Å². The van der Waals surface area contributed by atoms with E-state index < -0.39 is 0 Å². The summed E-state index contributed by atoms with van der Waals surface area (Å²) in [7, 11) is 1.75. The van der Waals surface area contributed by atoms with E-state index in [4.69, 9.17) is 33.7 Å². The smallest absolute Gasteiger partial charge is 0.261 e. The molecule has 0 aliphatic heterocycles. The third kappa shape index (κ3) is 2.23. The number of hydrogen-bond acceptors (Lipinski definition) is 3. The molecule has 2 N–H and O–H groups in total. The molecule has 0 bridgehead atoms. The fraction of sp³-hybridized carbons (Fsp3) is 0.100. The van der Waals surface area contributed by atoms with Gasteiger partial charge in [-0.1, -0.05) is 23.2 Å². The van der Waals surface area contributed by atoms with Gasteiger partial charge in [0.05, 0.1) is 11.2 Å². The SMILES string of the molecule is Cn1cc(N)c(Oc2cc(Cl)ccc2Cl)n1. The van der Waals surface area contributed by atoms with Crippen LogP contribution in [0.5, 0.6) is 11.6 Å². The molecular weight excluding hydrogens is 249 g/mol. The zero-order valence-corrected chi connectivity index (χ0v) is 9.96. The molecular formula is C10H9Cl2N3O. The lowest BCUT2D eigenvalue weighted by molar-refractivity contribution is 0.456. The van der Waals surface area contributed by atoms with Gasteiger partial charge in [-0.3, -0.25) is 4.68 Å². The van der Waals surface area contributed by atoms with Crippen LogP contribution in [0.2, 0.25) is 10.0 Å². The quantitative estimate of drug-likeness (QED) is 0.900. The Balaban J connectivity index is 2.33. The van der Waals surface area contributed by atoms with Crippen LogP contribution in [0.25, 0.3) is 0 Å². The van der Waals surface area contributed by atoms with E-state index in [1.807, 2.05) is 0 Å². The summed E-state index contributed by atoms with van der Waals surface area (Å²) < 4.78 is 7.03. The van der Waals surface area contributed by atoms with Gasteiger partial charge in [0.2, 0.25) is 0 Å². The van der Waals surface area contributed by atoms with Crippen LogP contribution >= 0.6 is 23.2 Å². The van der Waals surface area contributed by atoms with Crippen LogP contribution in [0.15, 0.2) is 24.4 Å². The number of hydrogen-bond donors (Lipinski definition) is 1. The van der Waals surface area contributed by atoms with Gasteiger partial charge in [0.1, 0.15) is 11.4 Å². The van der Waals surface area contributed by atoms with Gasteiger partial charge in [0.15, 0.2) is 0 Å². The summed E-state index contributed by atoms with van der Waals surface area (Å²) in [5.41, 5.74) is 6.14. The van der Waals surface area contributed by atoms with Gasteiger partial charge in [-0.05, 0) is 12.1 Å². The molecule has 0 atom stereocenters. The Labute approximate surface area is 103 Å². The van der Waals surface area contributed by atoms with Crippen LogP contribution in [0, 0.1) is 0 Å². The molecule has 1 aromatic carbocycles. The predicted molar refractivity (Wildman–Crippen MR) is 64.2 cm³/mol. The van der Waals surface area contributed by atoms with Gasteiger partial charge >= 0.3 is 0 Å². The molecule has 1 aromatic heterocycles. The molecule has 1 heterocycles. The van der Waals surface area contributed by atoms with E-state index in [-0.39, 0.29) is 0 Å². The highest BCUT2D eigenvalue weighted by molar-refractivity contribution is 6.34. The topological polar surface area (TPSA) is 53.1 Å². The zero-order valence-electron chi connectivity index (χ0n) is 8.45. The first-order valence-corrected chi connectivity index (χ1v) is 5.24. The number of aromatic nitrogens is 2. The highest BCUT2D eigenvalue weighted by Gasteiger charge is 2.09. The molecule has 0 aliphatic carbocycles. The minimum Gasteiger partial charge on any atom is -0.434 e. The van der Waals surface area contributed by atoms with Gasteiger partial charge < -0.3 is 10.5 Å². The molecule has 0 radical (unpaired) electrons. The molecule has 2 aromatic rings. The zero-order chi connectivity index (χ0) is 11.7.